The Hall–Kier alpha value is -7.89. The predicted molar refractivity (Wildman–Crippen MR) is 335 cm³/mol. The molecule has 9 aromatic carbocycles. The number of nitrogens with zero attached hydrogens (tertiary/aromatic N) is 4. The molecule has 0 bridgehead atoms. The van der Waals surface area contributed by atoms with Gasteiger partial charge in [0.2, 0.25) is 0 Å². The molecule has 0 amide bonds. The Morgan fingerprint density at radius 3 is 1.80 bits per heavy atom. The second kappa shape index (κ2) is 21.2. The molecular formula is C74H68N4OPtSi-2. The number of rotatable bonds is 10. The van der Waals surface area contributed by atoms with Crippen LogP contribution in [-0.4, -0.2) is 22.2 Å². The van der Waals surface area contributed by atoms with Crippen molar-refractivity contribution in [3.63, 3.8) is 0 Å². The molecule has 0 radical (unpaired) electrons. The second-order valence-corrected chi connectivity index (χ2v) is 26.5. The molecule has 0 unspecified atom stereocenters. The van der Waals surface area contributed by atoms with Gasteiger partial charge in [0, 0.05) is 52.5 Å². The Morgan fingerprint density at radius 2 is 1.19 bits per heavy atom. The maximum absolute atomic E-state index is 10.1. The summed E-state index contributed by atoms with van der Waals surface area (Å²) < 4.78 is 208. The number of benzene rings is 9. The van der Waals surface area contributed by atoms with Crippen LogP contribution in [0.3, 0.4) is 0 Å². The summed E-state index contributed by atoms with van der Waals surface area (Å²) in [6.07, 6.45) is 5.29. The Bertz CT molecular complexity index is 5180. The van der Waals surface area contributed by atoms with Crippen molar-refractivity contribution in [3.05, 3.63) is 258 Å². The van der Waals surface area contributed by atoms with Crippen LogP contribution < -0.4 is 30.1 Å². The van der Waals surface area contributed by atoms with E-state index >= 15 is 0 Å². The number of pyridine rings is 1. The van der Waals surface area contributed by atoms with Crippen molar-refractivity contribution in [2.45, 2.75) is 92.3 Å². The molecule has 0 N–H and O–H groups in total. The topological polar surface area (TPSA) is 35.9 Å². The number of aromatic nitrogens is 4. The van der Waals surface area contributed by atoms with E-state index in [0.29, 0.717) is 22.5 Å². The van der Waals surface area contributed by atoms with E-state index in [0.717, 1.165) is 21.9 Å². The maximum atomic E-state index is 10.1. The summed E-state index contributed by atoms with van der Waals surface area (Å²) >= 11 is 0. The average molecular weight is 1270 g/mol. The molecular weight excluding hydrogens is 1180 g/mol. The van der Waals surface area contributed by atoms with Crippen molar-refractivity contribution >= 4 is 61.7 Å². The minimum Gasteiger partial charge on any atom is -0.510 e. The van der Waals surface area contributed by atoms with Crippen molar-refractivity contribution in [2.75, 3.05) is 0 Å². The average Bonchev–Trinajstić information content (AvgIpc) is 0.709. The maximum Gasteiger partial charge on any atom is 0.268 e. The van der Waals surface area contributed by atoms with E-state index in [4.69, 9.17) is 22.1 Å². The third kappa shape index (κ3) is 9.91. The monoisotopic (exact) mass is 1270 g/mol. The van der Waals surface area contributed by atoms with Crippen LogP contribution in [-0.2, 0) is 37.3 Å². The van der Waals surface area contributed by atoms with Gasteiger partial charge in [-0.25, -0.2) is 4.98 Å². The zero-order chi connectivity index (χ0) is 73.8. The fourth-order valence-electron chi connectivity index (χ4n) is 10.7. The van der Waals surface area contributed by atoms with E-state index in [1.54, 1.807) is 48.7 Å². The van der Waals surface area contributed by atoms with Gasteiger partial charge >= 0.3 is 0 Å². The van der Waals surface area contributed by atoms with Crippen LogP contribution in [0.5, 0.6) is 11.5 Å². The van der Waals surface area contributed by atoms with Gasteiger partial charge in [0.25, 0.3) is 6.33 Å². The number of hydrogen-bond donors (Lipinski definition) is 0. The molecule has 7 heteroatoms. The molecule has 0 aliphatic carbocycles. The van der Waals surface area contributed by atoms with Crippen molar-refractivity contribution in [2.24, 2.45) is 0 Å². The smallest absolute Gasteiger partial charge is 0.268 e. The third-order valence-corrected chi connectivity index (χ3v) is 18.8. The summed E-state index contributed by atoms with van der Waals surface area (Å²) in [6.45, 7) is 11.8. The third-order valence-electron chi connectivity index (χ3n) is 14.7. The number of para-hydroxylation sites is 1. The zero-order valence-electron chi connectivity index (χ0n) is 67.1. The first kappa shape index (κ1) is 35.1. The minimum absolute atomic E-state index is 0. The molecule has 12 rings (SSSR count). The normalized spacial score (nSPS) is 16.3. The summed E-state index contributed by atoms with van der Waals surface area (Å²) in [5, 5.41) is -0.483. The van der Waals surface area contributed by atoms with Crippen molar-refractivity contribution in [1.82, 2.24) is 14.1 Å². The molecule has 0 fully saturated rings. The number of fused-ring (bicyclic) bond motifs is 4. The zero-order valence-corrected chi connectivity index (χ0v) is 49.3. The van der Waals surface area contributed by atoms with Crippen LogP contribution in [0.4, 0.5) is 0 Å². The molecule has 0 atom stereocenters. The molecule has 0 saturated heterocycles. The van der Waals surface area contributed by atoms with E-state index in [1.165, 1.54) is 33.4 Å². The second-order valence-electron chi connectivity index (χ2n) is 23.0. The van der Waals surface area contributed by atoms with E-state index < -0.39 is 139 Å². The number of ether oxygens (including phenoxy) is 1. The fourth-order valence-corrected chi connectivity index (χ4v) is 14.7. The summed E-state index contributed by atoms with van der Waals surface area (Å²) in [6, 6.07) is 25.6. The number of aryl methyl sites for hydroxylation is 2. The fraction of sp³-hybridized carbons (Fsp3) is 0.189. The van der Waals surface area contributed by atoms with Crippen molar-refractivity contribution in [1.29, 1.82) is 0 Å². The first-order chi connectivity index (χ1) is 47.0. The van der Waals surface area contributed by atoms with Gasteiger partial charge in [0.15, 0.2) is 8.07 Å². The Balaban J connectivity index is 0.0000105. The van der Waals surface area contributed by atoms with Gasteiger partial charge in [-0.3, -0.25) is 4.57 Å². The minimum atomic E-state index is -5.98. The molecule has 81 heavy (non-hydrogen) atoms. The van der Waals surface area contributed by atoms with Gasteiger partial charge < -0.3 is 13.9 Å². The molecule has 3 heterocycles. The quantitative estimate of drug-likeness (QED) is 0.0592. The molecule has 0 aliphatic heterocycles. The number of hydrogen-bond acceptors (Lipinski definition) is 2. The van der Waals surface area contributed by atoms with Crippen LogP contribution in [0, 0.1) is 32.2 Å². The van der Waals surface area contributed by atoms with Gasteiger partial charge in [-0.2, -0.15) is 18.2 Å². The molecule has 0 aliphatic rings. The summed E-state index contributed by atoms with van der Waals surface area (Å²) in [5.41, 5.74) is 1.14. The molecule has 3 aromatic heterocycles. The number of imidazole rings is 1. The van der Waals surface area contributed by atoms with Crippen molar-refractivity contribution in [3.8, 4) is 39.8 Å². The van der Waals surface area contributed by atoms with Gasteiger partial charge in [-0.05, 0) is 125 Å². The van der Waals surface area contributed by atoms with Gasteiger partial charge in [-0.1, -0.05) is 219 Å². The molecule has 12 aromatic rings. The van der Waals surface area contributed by atoms with Crippen LogP contribution in [0.15, 0.2) is 212 Å². The standard InChI is InChI=1S/C74H68N4OSi.Pt/c1-50-25-23-26-51(2)70(50)52-37-40-65-67(43-52)76(55-27-24-28-56(47-55)79-57-38-39-62-61-35-21-22-36-64(61)78(66(62)48-57)69-46-53(41-42-75-69)72(3,4)5)49-77(65)71-63(74(9,10)11)44-54(73(6,7)8)45-68(71)80(58-29-15-12-16-30-58,59-31-17-13-18-32-59)60-33-19-14-20-34-60;/h12-46H,1-11H3;/q-2;/i1D3,2D3,12D,13D,14D,15D,16D,17D,18D,19D,20D,29D,30D,31D,32D,33D,34D;. The van der Waals surface area contributed by atoms with Gasteiger partial charge in [0.1, 0.15) is 5.82 Å². The summed E-state index contributed by atoms with van der Waals surface area (Å²) in [5.74, 6) is 1.07. The summed E-state index contributed by atoms with van der Waals surface area (Å²) in [7, 11) is -5.98. The Morgan fingerprint density at radius 1 is 0.568 bits per heavy atom. The van der Waals surface area contributed by atoms with E-state index in [1.807, 2.05) is 94.6 Å². The van der Waals surface area contributed by atoms with Crippen LogP contribution in [0.25, 0.3) is 61.2 Å². The summed E-state index contributed by atoms with van der Waals surface area (Å²) in [4.78, 5) is 4.83. The first-order valence-electron chi connectivity index (χ1n) is 36.7. The van der Waals surface area contributed by atoms with Gasteiger partial charge in [0.05, 0.1) is 37.3 Å². The first-order valence-corrected chi connectivity index (χ1v) is 28.2. The van der Waals surface area contributed by atoms with Crippen LogP contribution in [0.2, 0.25) is 0 Å². The Kier molecular flexibility index (Phi) is 9.18. The largest absolute Gasteiger partial charge is 0.510 e. The molecule has 0 spiro atoms. The molecule has 0 saturated carbocycles. The van der Waals surface area contributed by atoms with Crippen molar-refractivity contribution < 1.29 is 59.2 Å². The van der Waals surface area contributed by atoms with E-state index in [9.17, 15) is 16.4 Å². The molecule has 5 nitrogen and oxygen atoms in total. The van der Waals surface area contributed by atoms with E-state index in [2.05, 4.69) is 39.2 Å². The Labute approximate surface area is 523 Å². The van der Waals surface area contributed by atoms with E-state index in [-0.39, 0.29) is 87.8 Å². The van der Waals surface area contributed by atoms with Gasteiger partial charge in [-0.15, -0.1) is 29.7 Å². The SMILES string of the molecule is [2H]c1c([2H])c([2H])c([Si](c2cc(C(C)(C)C)cc(C(C)(C)C)c2-[n+]2[c-]n(-c3[c-]c(Oc4[c-]c5c(cc4)c4ccccc4n5-c4cc(C(C)(C)C)ccn4)ccc3)c3cc(-c4c(C([2H])([2H])[2H])cccc4C([2H])([2H])[2H])ccc32)(c2c([2H])c([2H])c([2H])c([2H])c2[2H])c2c([2H])c([2H])c([2H])c([2H])c2[2H])c([2H])c1[2H].[Pt]. The predicted octanol–water partition coefficient (Wildman–Crippen LogP) is 15.1. The van der Waals surface area contributed by atoms with Crippen LogP contribution >= 0.6 is 0 Å². The molecule has 406 valence electrons. The van der Waals surface area contributed by atoms with Crippen LogP contribution in [0.1, 0.15) is 119 Å².